The lowest BCUT2D eigenvalue weighted by Crippen LogP contribution is -2.31. The Balaban J connectivity index is 1.51. The Kier molecular flexibility index (Phi) is 5.68. The van der Waals surface area contributed by atoms with Crippen LogP contribution in [-0.4, -0.2) is 31.5 Å². The monoisotopic (exact) mass is 373 g/mol. The first kappa shape index (κ1) is 18.1. The van der Waals surface area contributed by atoms with Crippen molar-refractivity contribution >= 4 is 23.6 Å². The van der Waals surface area contributed by atoms with Crippen molar-refractivity contribution in [3.05, 3.63) is 53.6 Å². The van der Waals surface area contributed by atoms with Gasteiger partial charge in [0, 0.05) is 4.90 Å². The summed E-state index contributed by atoms with van der Waals surface area (Å²) in [6.07, 6.45) is 1.96. The fourth-order valence-corrected chi connectivity index (χ4v) is 2.90. The predicted molar refractivity (Wildman–Crippen MR) is 97.6 cm³/mol. The van der Waals surface area contributed by atoms with Gasteiger partial charge in [-0.1, -0.05) is 6.07 Å². The third-order valence-electron chi connectivity index (χ3n) is 3.93. The molecule has 1 N–H and O–H groups in total. The molecule has 0 saturated carbocycles. The molecule has 1 amide bonds. The highest BCUT2D eigenvalue weighted by Crippen LogP contribution is 2.34. The number of amides is 1. The van der Waals surface area contributed by atoms with Gasteiger partial charge in [-0.25, -0.2) is 4.79 Å². The lowest BCUT2D eigenvalue weighted by molar-refractivity contribution is -0.124. The lowest BCUT2D eigenvalue weighted by atomic mass is 10.1. The SMILES string of the molecule is CSc1ccc(C(=O)OCC(=O)N[C@@H](C)c2ccc3c(c2)OCO3)cc1. The number of fused-ring (bicyclic) bond motifs is 1. The molecule has 0 bridgehead atoms. The molecular formula is C19H19NO5S. The van der Waals surface area contributed by atoms with Gasteiger partial charge in [0.2, 0.25) is 6.79 Å². The zero-order valence-corrected chi connectivity index (χ0v) is 15.3. The van der Waals surface area contributed by atoms with Gasteiger partial charge in [-0.3, -0.25) is 4.79 Å². The van der Waals surface area contributed by atoms with E-state index in [0.717, 1.165) is 10.5 Å². The molecule has 0 unspecified atom stereocenters. The number of carbonyl (C=O) groups excluding carboxylic acids is 2. The summed E-state index contributed by atoms with van der Waals surface area (Å²) in [5.41, 5.74) is 1.29. The second kappa shape index (κ2) is 8.14. The standard InChI is InChI=1S/C19H19NO5S/c1-12(14-5-8-16-17(9-14)25-11-24-16)20-18(21)10-23-19(22)13-3-6-15(26-2)7-4-13/h3-9,12H,10-11H2,1-2H3,(H,20,21)/t12-/m0/s1. The van der Waals surface area contributed by atoms with E-state index in [1.165, 1.54) is 0 Å². The topological polar surface area (TPSA) is 73.9 Å². The molecule has 1 aliphatic heterocycles. The maximum Gasteiger partial charge on any atom is 0.338 e. The van der Waals surface area contributed by atoms with Gasteiger partial charge in [-0.05, 0) is 55.1 Å². The highest BCUT2D eigenvalue weighted by Gasteiger charge is 2.17. The average Bonchev–Trinajstić information content (AvgIpc) is 3.14. The van der Waals surface area contributed by atoms with E-state index < -0.39 is 5.97 Å². The number of hydrogen-bond acceptors (Lipinski definition) is 6. The van der Waals surface area contributed by atoms with E-state index in [1.54, 1.807) is 30.0 Å². The van der Waals surface area contributed by atoms with Crippen LogP contribution in [0.3, 0.4) is 0 Å². The Morgan fingerprint density at radius 1 is 1.15 bits per heavy atom. The van der Waals surface area contributed by atoms with E-state index >= 15 is 0 Å². The average molecular weight is 373 g/mol. The lowest BCUT2D eigenvalue weighted by Gasteiger charge is -2.15. The minimum atomic E-state index is -0.525. The van der Waals surface area contributed by atoms with Gasteiger partial charge in [0.25, 0.3) is 5.91 Å². The third-order valence-corrected chi connectivity index (χ3v) is 4.68. The van der Waals surface area contributed by atoms with Crippen LogP contribution in [0.25, 0.3) is 0 Å². The summed E-state index contributed by atoms with van der Waals surface area (Å²) in [6, 6.07) is 12.3. The molecule has 0 aliphatic carbocycles. The van der Waals surface area contributed by atoms with Crippen LogP contribution in [-0.2, 0) is 9.53 Å². The van der Waals surface area contributed by atoms with Crippen molar-refractivity contribution in [2.45, 2.75) is 17.9 Å². The highest BCUT2D eigenvalue weighted by molar-refractivity contribution is 7.98. The predicted octanol–water partition coefficient (Wildman–Crippen LogP) is 3.17. The fraction of sp³-hybridized carbons (Fsp3) is 0.263. The van der Waals surface area contributed by atoms with Crippen LogP contribution in [0, 0.1) is 0 Å². The highest BCUT2D eigenvalue weighted by atomic mass is 32.2. The molecule has 0 radical (unpaired) electrons. The zero-order chi connectivity index (χ0) is 18.5. The number of ether oxygens (including phenoxy) is 3. The molecule has 0 aromatic heterocycles. The normalized spacial score (nSPS) is 13.2. The van der Waals surface area contributed by atoms with Crippen molar-refractivity contribution in [3.63, 3.8) is 0 Å². The maximum atomic E-state index is 12.0. The Labute approximate surface area is 155 Å². The number of hydrogen-bond donors (Lipinski definition) is 1. The summed E-state index contributed by atoms with van der Waals surface area (Å²) in [6.45, 7) is 1.71. The zero-order valence-electron chi connectivity index (χ0n) is 14.5. The van der Waals surface area contributed by atoms with Crippen LogP contribution >= 0.6 is 11.8 Å². The summed E-state index contributed by atoms with van der Waals surface area (Å²) in [4.78, 5) is 25.1. The van der Waals surface area contributed by atoms with Crippen molar-refractivity contribution in [2.75, 3.05) is 19.7 Å². The van der Waals surface area contributed by atoms with Crippen LogP contribution in [0.4, 0.5) is 0 Å². The minimum Gasteiger partial charge on any atom is -0.454 e. The molecule has 1 heterocycles. The summed E-state index contributed by atoms with van der Waals surface area (Å²) < 4.78 is 15.7. The van der Waals surface area contributed by atoms with E-state index in [2.05, 4.69) is 5.32 Å². The Bertz CT molecular complexity index is 806. The molecule has 1 atom stereocenters. The molecule has 1 aliphatic rings. The van der Waals surface area contributed by atoms with E-state index in [9.17, 15) is 9.59 Å². The van der Waals surface area contributed by atoms with Gasteiger partial charge >= 0.3 is 5.97 Å². The third kappa shape index (κ3) is 4.29. The van der Waals surface area contributed by atoms with Crippen molar-refractivity contribution in [3.8, 4) is 11.5 Å². The van der Waals surface area contributed by atoms with Gasteiger partial charge < -0.3 is 19.5 Å². The molecule has 2 aromatic carbocycles. The molecule has 0 fully saturated rings. The molecular weight excluding hydrogens is 354 g/mol. The molecule has 7 heteroatoms. The molecule has 2 aromatic rings. The first-order valence-electron chi connectivity index (χ1n) is 8.07. The smallest absolute Gasteiger partial charge is 0.338 e. The molecule has 3 rings (SSSR count). The van der Waals surface area contributed by atoms with Crippen LogP contribution in [0.2, 0.25) is 0 Å². The number of benzene rings is 2. The van der Waals surface area contributed by atoms with Crippen molar-refractivity contribution in [1.82, 2.24) is 5.32 Å². The van der Waals surface area contributed by atoms with E-state index in [-0.39, 0.29) is 25.3 Å². The molecule has 6 nitrogen and oxygen atoms in total. The van der Waals surface area contributed by atoms with E-state index in [1.807, 2.05) is 37.4 Å². The fourth-order valence-electron chi connectivity index (χ4n) is 2.49. The van der Waals surface area contributed by atoms with Gasteiger partial charge in [0.05, 0.1) is 11.6 Å². The number of carbonyl (C=O) groups is 2. The van der Waals surface area contributed by atoms with Crippen molar-refractivity contribution in [1.29, 1.82) is 0 Å². The Morgan fingerprint density at radius 3 is 2.62 bits per heavy atom. The second-order valence-electron chi connectivity index (χ2n) is 5.71. The maximum absolute atomic E-state index is 12.0. The molecule has 0 spiro atoms. The molecule has 26 heavy (non-hydrogen) atoms. The van der Waals surface area contributed by atoms with Crippen LogP contribution in [0.15, 0.2) is 47.4 Å². The minimum absolute atomic E-state index is 0.202. The Hall–Kier alpha value is -2.67. The quantitative estimate of drug-likeness (QED) is 0.619. The number of thioether (sulfide) groups is 1. The van der Waals surface area contributed by atoms with Crippen LogP contribution < -0.4 is 14.8 Å². The van der Waals surface area contributed by atoms with Gasteiger partial charge in [-0.2, -0.15) is 0 Å². The number of nitrogens with one attached hydrogen (secondary N) is 1. The summed E-state index contributed by atoms with van der Waals surface area (Å²) in [5.74, 6) is 0.449. The van der Waals surface area contributed by atoms with Crippen LogP contribution in [0.1, 0.15) is 28.9 Å². The Morgan fingerprint density at radius 2 is 1.88 bits per heavy atom. The van der Waals surface area contributed by atoms with Crippen molar-refractivity contribution in [2.24, 2.45) is 0 Å². The summed E-state index contributed by atoms with van der Waals surface area (Å²) in [5, 5.41) is 2.80. The van der Waals surface area contributed by atoms with Crippen molar-refractivity contribution < 1.29 is 23.8 Å². The van der Waals surface area contributed by atoms with Gasteiger partial charge in [0.15, 0.2) is 18.1 Å². The van der Waals surface area contributed by atoms with E-state index in [0.29, 0.717) is 17.1 Å². The van der Waals surface area contributed by atoms with E-state index in [4.69, 9.17) is 14.2 Å². The second-order valence-corrected chi connectivity index (χ2v) is 6.59. The molecule has 136 valence electrons. The van der Waals surface area contributed by atoms with Gasteiger partial charge in [-0.15, -0.1) is 11.8 Å². The first-order chi connectivity index (χ1) is 12.6. The molecule has 0 saturated heterocycles. The summed E-state index contributed by atoms with van der Waals surface area (Å²) in [7, 11) is 0. The van der Waals surface area contributed by atoms with Crippen LogP contribution in [0.5, 0.6) is 11.5 Å². The first-order valence-corrected chi connectivity index (χ1v) is 9.29. The summed E-state index contributed by atoms with van der Waals surface area (Å²) >= 11 is 1.59. The number of esters is 1. The van der Waals surface area contributed by atoms with Gasteiger partial charge in [0.1, 0.15) is 0 Å². The number of rotatable bonds is 6. The largest absolute Gasteiger partial charge is 0.454 e.